The van der Waals surface area contributed by atoms with Crippen molar-refractivity contribution in [3.05, 3.63) is 60.9 Å². The monoisotopic (exact) mass is 363 g/mol. The lowest BCUT2D eigenvalue weighted by atomic mass is 10.1. The second-order valence-corrected chi connectivity index (χ2v) is 6.40. The number of hydrogen-bond donors (Lipinski definition) is 4. The summed E-state index contributed by atoms with van der Waals surface area (Å²) in [6.45, 7) is 1.22. The van der Waals surface area contributed by atoms with Gasteiger partial charge >= 0.3 is 0 Å². The Kier molecular flexibility index (Phi) is 4.86. The van der Waals surface area contributed by atoms with E-state index >= 15 is 0 Å². The van der Waals surface area contributed by atoms with Gasteiger partial charge in [0.2, 0.25) is 0 Å². The van der Waals surface area contributed by atoms with E-state index in [4.69, 9.17) is 10.5 Å². The molecular formula is C20H21N5O2. The molecule has 3 aromatic rings. The van der Waals surface area contributed by atoms with Crippen LogP contribution in [-0.2, 0) is 0 Å². The normalized spacial score (nSPS) is 19.0. The van der Waals surface area contributed by atoms with Crippen molar-refractivity contribution in [1.82, 2.24) is 15.3 Å². The molecule has 1 aromatic heterocycles. The molecule has 0 amide bonds. The molecule has 0 unspecified atom stereocenters. The Balaban J connectivity index is 1.59. The minimum absolute atomic E-state index is 0.126. The number of para-hydroxylation sites is 1. The molecule has 1 aliphatic heterocycles. The smallest absolute Gasteiger partial charge is 0.139 e. The number of benzene rings is 2. The van der Waals surface area contributed by atoms with Gasteiger partial charge in [-0.05, 0) is 29.8 Å². The van der Waals surface area contributed by atoms with Gasteiger partial charge in [0.1, 0.15) is 29.5 Å². The Morgan fingerprint density at radius 3 is 2.44 bits per heavy atom. The van der Waals surface area contributed by atoms with Crippen molar-refractivity contribution in [2.24, 2.45) is 0 Å². The summed E-state index contributed by atoms with van der Waals surface area (Å²) in [5, 5.41) is 16.5. The van der Waals surface area contributed by atoms with E-state index in [9.17, 15) is 5.11 Å². The van der Waals surface area contributed by atoms with Gasteiger partial charge in [-0.1, -0.05) is 30.3 Å². The van der Waals surface area contributed by atoms with E-state index in [2.05, 4.69) is 20.6 Å². The van der Waals surface area contributed by atoms with Crippen LogP contribution < -0.4 is 21.1 Å². The lowest BCUT2D eigenvalue weighted by Crippen LogP contribution is -2.32. The van der Waals surface area contributed by atoms with Crippen LogP contribution in [0.25, 0.3) is 11.1 Å². The molecule has 7 nitrogen and oxygen atoms in total. The van der Waals surface area contributed by atoms with Gasteiger partial charge in [-0.2, -0.15) is 0 Å². The van der Waals surface area contributed by atoms with Gasteiger partial charge in [0.05, 0.1) is 17.7 Å². The van der Waals surface area contributed by atoms with E-state index in [1.165, 1.54) is 6.33 Å². The molecule has 0 aliphatic carbocycles. The maximum Gasteiger partial charge on any atom is 0.139 e. The zero-order valence-corrected chi connectivity index (χ0v) is 14.7. The molecule has 5 N–H and O–H groups in total. The van der Waals surface area contributed by atoms with Gasteiger partial charge < -0.3 is 26.2 Å². The molecule has 0 radical (unpaired) electrons. The lowest BCUT2D eigenvalue weighted by Gasteiger charge is -2.19. The van der Waals surface area contributed by atoms with Gasteiger partial charge in [-0.25, -0.2) is 9.97 Å². The second-order valence-electron chi connectivity index (χ2n) is 6.40. The van der Waals surface area contributed by atoms with Crippen LogP contribution in [0.15, 0.2) is 60.9 Å². The van der Waals surface area contributed by atoms with Crippen LogP contribution in [0.3, 0.4) is 0 Å². The van der Waals surface area contributed by atoms with Gasteiger partial charge in [-0.15, -0.1) is 0 Å². The summed E-state index contributed by atoms with van der Waals surface area (Å²) in [6, 6.07) is 17.1. The summed E-state index contributed by atoms with van der Waals surface area (Å²) in [4.78, 5) is 8.45. The number of hydrogen-bond acceptors (Lipinski definition) is 7. The third-order valence-electron chi connectivity index (χ3n) is 4.50. The van der Waals surface area contributed by atoms with Crippen LogP contribution >= 0.6 is 0 Å². The third kappa shape index (κ3) is 3.84. The first-order valence-corrected chi connectivity index (χ1v) is 8.80. The predicted octanol–water partition coefficient (Wildman–Crippen LogP) is 2.26. The van der Waals surface area contributed by atoms with Crippen molar-refractivity contribution in [3.8, 4) is 22.6 Å². The molecule has 1 fully saturated rings. The number of aromatic nitrogens is 2. The molecule has 4 rings (SSSR count). The highest BCUT2D eigenvalue weighted by Crippen LogP contribution is 2.33. The maximum atomic E-state index is 10.0. The Morgan fingerprint density at radius 2 is 1.74 bits per heavy atom. The molecule has 2 aromatic carbocycles. The minimum atomic E-state index is -0.476. The molecule has 0 saturated carbocycles. The summed E-state index contributed by atoms with van der Waals surface area (Å²) in [7, 11) is 0. The van der Waals surface area contributed by atoms with Crippen molar-refractivity contribution in [3.63, 3.8) is 0 Å². The van der Waals surface area contributed by atoms with E-state index in [1.807, 2.05) is 54.6 Å². The van der Waals surface area contributed by atoms with Crippen LogP contribution in [0, 0.1) is 0 Å². The van der Waals surface area contributed by atoms with E-state index in [-0.39, 0.29) is 6.04 Å². The fourth-order valence-corrected chi connectivity index (χ4v) is 3.10. The first-order chi connectivity index (χ1) is 13.2. The fourth-order valence-electron chi connectivity index (χ4n) is 3.10. The number of aliphatic hydroxyl groups is 1. The van der Waals surface area contributed by atoms with E-state index < -0.39 is 6.10 Å². The zero-order valence-electron chi connectivity index (χ0n) is 14.7. The highest BCUT2D eigenvalue weighted by atomic mass is 16.5. The molecule has 0 bridgehead atoms. The first-order valence-electron chi connectivity index (χ1n) is 8.80. The van der Waals surface area contributed by atoms with Crippen molar-refractivity contribution < 1.29 is 9.84 Å². The molecule has 2 atom stereocenters. The maximum absolute atomic E-state index is 10.0. The third-order valence-corrected chi connectivity index (χ3v) is 4.50. The number of β-amino-alcohol motifs (C(OH)–C–C–N with tert-alkyl or cyclic N) is 1. The van der Waals surface area contributed by atoms with Crippen molar-refractivity contribution in [2.75, 3.05) is 24.1 Å². The number of ether oxygens (including phenoxy) is 1. The predicted molar refractivity (Wildman–Crippen MR) is 105 cm³/mol. The lowest BCUT2D eigenvalue weighted by molar-refractivity contribution is 0.185. The quantitative estimate of drug-likeness (QED) is 0.551. The van der Waals surface area contributed by atoms with Crippen molar-refractivity contribution in [2.45, 2.75) is 12.1 Å². The van der Waals surface area contributed by atoms with E-state index in [1.54, 1.807) is 0 Å². The van der Waals surface area contributed by atoms with Crippen LogP contribution in [0.4, 0.5) is 11.6 Å². The highest BCUT2D eigenvalue weighted by Gasteiger charge is 2.26. The van der Waals surface area contributed by atoms with Gasteiger partial charge in [0, 0.05) is 13.1 Å². The first kappa shape index (κ1) is 17.3. The number of nitrogens with zero attached hydrogens (tertiary/aromatic N) is 2. The largest absolute Gasteiger partial charge is 0.457 e. The summed E-state index contributed by atoms with van der Waals surface area (Å²) in [5.74, 6) is 2.49. The number of aliphatic hydroxyl groups excluding tert-OH is 1. The van der Waals surface area contributed by atoms with Crippen LogP contribution in [-0.4, -0.2) is 40.3 Å². The Hall–Kier alpha value is -3.16. The molecule has 2 heterocycles. The molecule has 1 saturated heterocycles. The molecular weight excluding hydrogens is 342 g/mol. The average molecular weight is 363 g/mol. The average Bonchev–Trinajstić information content (AvgIpc) is 3.08. The summed E-state index contributed by atoms with van der Waals surface area (Å²) in [6.07, 6.45) is 0.943. The SMILES string of the molecule is Nc1ncnc(N[C@@H]2CNC[C@@H]2O)c1-c1ccc(Oc2ccccc2)cc1. The van der Waals surface area contributed by atoms with Crippen LogP contribution in [0.1, 0.15) is 0 Å². The Morgan fingerprint density at radius 1 is 1.00 bits per heavy atom. The highest BCUT2D eigenvalue weighted by molar-refractivity contribution is 5.83. The van der Waals surface area contributed by atoms with Gasteiger partial charge in [-0.3, -0.25) is 0 Å². The van der Waals surface area contributed by atoms with Gasteiger partial charge in [0.25, 0.3) is 0 Å². The van der Waals surface area contributed by atoms with Gasteiger partial charge in [0.15, 0.2) is 0 Å². The molecule has 7 heteroatoms. The molecule has 0 spiro atoms. The standard InChI is InChI=1S/C20H21N5O2/c21-19-18(20(24-12-23-19)25-16-10-22-11-17(16)26)13-6-8-15(9-7-13)27-14-4-2-1-3-5-14/h1-9,12,16-17,22,26H,10-11H2,(H3,21,23,24,25)/t16-,17+/m1/s1. The molecule has 138 valence electrons. The second kappa shape index (κ2) is 7.61. The molecule has 27 heavy (non-hydrogen) atoms. The van der Waals surface area contributed by atoms with E-state index in [0.717, 1.165) is 17.1 Å². The topological polar surface area (TPSA) is 105 Å². The number of nitrogens with two attached hydrogens (primary N) is 1. The van der Waals surface area contributed by atoms with Crippen LogP contribution in [0.2, 0.25) is 0 Å². The number of anilines is 2. The summed E-state index contributed by atoms with van der Waals surface area (Å²) in [5.41, 5.74) is 7.71. The van der Waals surface area contributed by atoms with E-state index in [0.29, 0.717) is 30.3 Å². The number of nitrogen functional groups attached to an aromatic ring is 1. The fraction of sp³-hybridized carbons (Fsp3) is 0.200. The summed E-state index contributed by atoms with van der Waals surface area (Å²) >= 11 is 0. The van der Waals surface area contributed by atoms with Crippen molar-refractivity contribution >= 4 is 11.6 Å². The summed E-state index contributed by atoms with van der Waals surface area (Å²) < 4.78 is 5.83. The Bertz CT molecular complexity index is 902. The number of rotatable bonds is 5. The molecule has 1 aliphatic rings. The van der Waals surface area contributed by atoms with Crippen molar-refractivity contribution in [1.29, 1.82) is 0 Å². The zero-order chi connectivity index (χ0) is 18.6. The number of nitrogens with one attached hydrogen (secondary N) is 2. The minimum Gasteiger partial charge on any atom is -0.457 e. The Labute approximate surface area is 157 Å². The van der Waals surface area contributed by atoms with Crippen LogP contribution in [0.5, 0.6) is 11.5 Å².